The van der Waals surface area contributed by atoms with Crippen molar-refractivity contribution in [3.8, 4) is 11.5 Å². The number of fused-ring (bicyclic) bond motifs is 2. The van der Waals surface area contributed by atoms with Crippen molar-refractivity contribution >= 4 is 11.6 Å². The summed E-state index contributed by atoms with van der Waals surface area (Å²) in [5.74, 6) is -0.387. The lowest BCUT2D eigenvalue weighted by Gasteiger charge is -2.10. The van der Waals surface area contributed by atoms with Crippen molar-refractivity contribution in [3.05, 3.63) is 71.4 Å². The molecule has 0 amide bonds. The monoisotopic (exact) mass is 336 g/mol. The third-order valence-electron chi connectivity index (χ3n) is 3.37. The Hall–Kier alpha value is -3.08. The van der Waals surface area contributed by atoms with Gasteiger partial charge in [0.25, 0.3) is 0 Å². The first-order valence-electron chi connectivity index (χ1n) is 8.35. The van der Waals surface area contributed by atoms with Gasteiger partial charge in [0.1, 0.15) is 0 Å². The molecule has 4 rings (SSSR count). The topological polar surface area (TPSA) is 73.1 Å². The van der Waals surface area contributed by atoms with E-state index in [0.29, 0.717) is 16.7 Å². The Labute approximate surface area is 146 Å². The Bertz CT molecular complexity index is 830. The highest BCUT2D eigenvalue weighted by Crippen LogP contribution is 2.30. The van der Waals surface area contributed by atoms with Crippen LogP contribution in [0.15, 0.2) is 53.2 Å². The van der Waals surface area contributed by atoms with E-state index < -0.39 is 0 Å². The Kier molecular flexibility index (Phi) is 5.95. The Morgan fingerprint density at radius 1 is 0.840 bits per heavy atom. The molecule has 0 atom stereocenters. The normalized spacial score (nSPS) is 11.4. The summed E-state index contributed by atoms with van der Waals surface area (Å²) >= 11 is 0. The fourth-order valence-electron chi connectivity index (χ4n) is 2.37. The summed E-state index contributed by atoms with van der Waals surface area (Å²) < 4.78 is 5.51. The number of oxazole rings is 1. The molecule has 0 aliphatic heterocycles. The maximum atomic E-state index is 12.4. The van der Waals surface area contributed by atoms with Gasteiger partial charge in [-0.15, -0.1) is 0 Å². The molecule has 1 aliphatic carbocycles. The molecule has 2 aromatic heterocycles. The fraction of sp³-hybridized carbons (Fsp3) is 0.200. The number of hydrogen-bond acceptors (Lipinski definition) is 5. The zero-order chi connectivity index (χ0) is 18.4. The number of carbonyl (C=O) groups excluding carboxylic acids is 2. The van der Waals surface area contributed by atoms with Gasteiger partial charge in [-0.25, -0.2) is 4.98 Å². The van der Waals surface area contributed by atoms with Crippen molar-refractivity contribution in [2.75, 3.05) is 0 Å². The molecule has 1 aromatic carbocycles. The molecule has 128 valence electrons. The van der Waals surface area contributed by atoms with Gasteiger partial charge in [-0.2, -0.15) is 0 Å². The van der Waals surface area contributed by atoms with Crippen LogP contribution in [0.2, 0.25) is 0 Å². The minimum Gasteiger partial charge on any atom is -0.432 e. The maximum Gasteiger partial charge on any atom is 0.231 e. The molecule has 25 heavy (non-hydrogen) atoms. The standard InChI is InChI=1S/C16H8N2O3.2C2H6/c19-13-10-5-1-2-6-11(10)14(20)15-12(13)18-16(21-15)9-4-3-7-17-8-9;2*1-2/h1-8H;2*1-2H3. The van der Waals surface area contributed by atoms with Crippen LogP contribution in [0, 0.1) is 0 Å². The first-order valence-corrected chi connectivity index (χ1v) is 8.35. The smallest absolute Gasteiger partial charge is 0.231 e. The molecule has 0 fully saturated rings. The molecular formula is C20H20N2O3. The van der Waals surface area contributed by atoms with E-state index in [2.05, 4.69) is 9.97 Å². The number of pyridine rings is 1. The Morgan fingerprint density at radius 3 is 2.08 bits per heavy atom. The molecule has 0 unspecified atom stereocenters. The number of aromatic nitrogens is 2. The summed E-state index contributed by atoms with van der Waals surface area (Å²) in [6.07, 6.45) is 3.19. The van der Waals surface area contributed by atoms with Gasteiger partial charge in [0, 0.05) is 23.5 Å². The van der Waals surface area contributed by atoms with Crippen LogP contribution < -0.4 is 0 Å². The van der Waals surface area contributed by atoms with E-state index in [9.17, 15) is 9.59 Å². The molecule has 2 heterocycles. The third kappa shape index (κ3) is 3.26. The van der Waals surface area contributed by atoms with Crippen LogP contribution in [-0.2, 0) is 0 Å². The van der Waals surface area contributed by atoms with Gasteiger partial charge in [0.15, 0.2) is 5.69 Å². The van der Waals surface area contributed by atoms with Crippen molar-refractivity contribution in [1.29, 1.82) is 0 Å². The molecule has 0 spiro atoms. The largest absolute Gasteiger partial charge is 0.432 e. The van der Waals surface area contributed by atoms with Gasteiger partial charge in [-0.1, -0.05) is 52.0 Å². The van der Waals surface area contributed by atoms with Gasteiger partial charge < -0.3 is 4.42 Å². The van der Waals surface area contributed by atoms with Gasteiger partial charge in [0.05, 0.1) is 5.56 Å². The molecule has 5 nitrogen and oxygen atoms in total. The van der Waals surface area contributed by atoms with E-state index >= 15 is 0 Å². The lowest BCUT2D eigenvalue weighted by molar-refractivity contribution is 0.0959. The van der Waals surface area contributed by atoms with Crippen molar-refractivity contribution in [3.63, 3.8) is 0 Å². The Balaban J connectivity index is 0.000000528. The van der Waals surface area contributed by atoms with Gasteiger partial charge in [0.2, 0.25) is 23.2 Å². The Morgan fingerprint density at radius 2 is 1.48 bits per heavy atom. The first-order chi connectivity index (χ1) is 12.3. The van der Waals surface area contributed by atoms with Crippen molar-refractivity contribution in [2.24, 2.45) is 0 Å². The highest BCUT2D eigenvalue weighted by molar-refractivity contribution is 6.26. The highest BCUT2D eigenvalue weighted by atomic mass is 16.4. The van der Waals surface area contributed by atoms with Crippen LogP contribution in [0.1, 0.15) is 59.9 Å². The zero-order valence-electron chi connectivity index (χ0n) is 14.7. The minimum absolute atomic E-state index is 0.00227. The summed E-state index contributed by atoms with van der Waals surface area (Å²) in [5, 5.41) is 0. The number of nitrogens with zero attached hydrogens (tertiary/aromatic N) is 2. The fourth-order valence-corrected chi connectivity index (χ4v) is 2.37. The van der Waals surface area contributed by atoms with Crippen molar-refractivity contribution in [1.82, 2.24) is 9.97 Å². The molecule has 0 N–H and O–H groups in total. The van der Waals surface area contributed by atoms with E-state index in [-0.39, 0.29) is 28.9 Å². The second-order valence-electron chi connectivity index (χ2n) is 4.64. The predicted octanol–water partition coefficient (Wildman–Crippen LogP) is 4.56. The molecule has 0 saturated heterocycles. The number of ketones is 2. The summed E-state index contributed by atoms with van der Waals surface area (Å²) in [5.41, 5.74) is 1.40. The molecule has 0 radical (unpaired) electrons. The van der Waals surface area contributed by atoms with E-state index in [1.165, 1.54) is 0 Å². The summed E-state index contributed by atoms with van der Waals surface area (Å²) in [6, 6.07) is 10.2. The average Bonchev–Trinajstić information content (AvgIpc) is 3.16. The first kappa shape index (κ1) is 18.3. The third-order valence-corrected chi connectivity index (χ3v) is 3.37. The highest BCUT2D eigenvalue weighted by Gasteiger charge is 2.35. The second kappa shape index (κ2) is 8.15. The summed E-state index contributed by atoms with van der Waals surface area (Å²) in [6.45, 7) is 8.00. The zero-order valence-corrected chi connectivity index (χ0v) is 14.7. The quantitative estimate of drug-likeness (QED) is 0.509. The van der Waals surface area contributed by atoms with Crippen LogP contribution in [0.25, 0.3) is 11.5 Å². The molecular weight excluding hydrogens is 316 g/mol. The lowest BCUT2D eigenvalue weighted by atomic mass is 9.91. The molecule has 0 saturated carbocycles. The maximum absolute atomic E-state index is 12.4. The predicted molar refractivity (Wildman–Crippen MR) is 95.7 cm³/mol. The lowest BCUT2D eigenvalue weighted by Crippen LogP contribution is -2.19. The second-order valence-corrected chi connectivity index (χ2v) is 4.64. The van der Waals surface area contributed by atoms with E-state index in [0.717, 1.165) is 0 Å². The SMILES string of the molecule is CC.CC.O=C1c2ccccc2C(=O)c2oc(-c3cccnc3)nc21. The molecule has 0 bridgehead atoms. The number of rotatable bonds is 1. The van der Waals surface area contributed by atoms with Gasteiger partial charge in [-0.05, 0) is 12.1 Å². The van der Waals surface area contributed by atoms with Gasteiger partial charge in [-0.3, -0.25) is 14.6 Å². The van der Waals surface area contributed by atoms with E-state index in [4.69, 9.17) is 4.42 Å². The van der Waals surface area contributed by atoms with Crippen LogP contribution in [0.5, 0.6) is 0 Å². The van der Waals surface area contributed by atoms with Crippen molar-refractivity contribution < 1.29 is 14.0 Å². The van der Waals surface area contributed by atoms with E-state index in [1.54, 1.807) is 48.8 Å². The average molecular weight is 336 g/mol. The summed E-state index contributed by atoms with van der Waals surface area (Å²) in [7, 11) is 0. The summed E-state index contributed by atoms with van der Waals surface area (Å²) in [4.78, 5) is 33.0. The van der Waals surface area contributed by atoms with Crippen LogP contribution in [0.3, 0.4) is 0 Å². The van der Waals surface area contributed by atoms with Crippen molar-refractivity contribution in [2.45, 2.75) is 27.7 Å². The van der Waals surface area contributed by atoms with Crippen LogP contribution in [-0.4, -0.2) is 21.5 Å². The van der Waals surface area contributed by atoms with Gasteiger partial charge >= 0.3 is 0 Å². The number of hydrogen-bond donors (Lipinski definition) is 0. The van der Waals surface area contributed by atoms with Crippen LogP contribution in [0.4, 0.5) is 0 Å². The van der Waals surface area contributed by atoms with Crippen LogP contribution >= 0.6 is 0 Å². The van der Waals surface area contributed by atoms with E-state index in [1.807, 2.05) is 27.7 Å². The molecule has 5 heteroatoms. The molecule has 3 aromatic rings. The number of benzene rings is 1. The molecule has 1 aliphatic rings. The number of carbonyl (C=O) groups is 2. The minimum atomic E-state index is -0.317.